The van der Waals surface area contributed by atoms with Crippen molar-refractivity contribution in [3.8, 4) is 0 Å². The summed E-state index contributed by atoms with van der Waals surface area (Å²) in [5.74, 6) is -2.41. The van der Waals surface area contributed by atoms with Gasteiger partial charge in [0.1, 0.15) is 0 Å². The van der Waals surface area contributed by atoms with E-state index in [0.717, 1.165) is 12.5 Å². The fourth-order valence-corrected chi connectivity index (χ4v) is 2.22. The Morgan fingerprint density at radius 1 is 1.11 bits per heavy atom. The van der Waals surface area contributed by atoms with Gasteiger partial charge in [-0.05, 0) is 45.0 Å². The van der Waals surface area contributed by atoms with Crippen LogP contribution in [0.5, 0.6) is 0 Å². The van der Waals surface area contributed by atoms with Crippen molar-refractivity contribution in [1.29, 1.82) is 0 Å². The molecule has 0 saturated carbocycles. The Bertz CT molecular complexity index is 531. The van der Waals surface area contributed by atoms with Crippen LogP contribution in [0.2, 0.25) is 0 Å². The standard InChI is InChI=1S/C11H15NO2.C6H13N.C3H4O3/c1-2-14-11(13)9-12-8-10-6-4-3-5-7-10;1-2-7-5-3-4-6-7;1-2(4)3(5)6/h3-7,12H,2,8-9H2,1H3;2-6H2,1H3;1H3,(H,5,6). The minimum Gasteiger partial charge on any atom is -0.476 e. The summed E-state index contributed by atoms with van der Waals surface area (Å²) in [5.41, 5.74) is 1.16. The smallest absolute Gasteiger partial charge is 0.371 e. The number of carboxylic acids is 1. The van der Waals surface area contributed by atoms with E-state index in [-0.39, 0.29) is 12.5 Å². The molecule has 1 saturated heterocycles. The Labute approximate surface area is 161 Å². The third kappa shape index (κ3) is 14.6. The SMILES string of the molecule is CC(=O)C(=O)O.CCN1CCCC1.CCOC(=O)CNCc1ccccc1. The van der Waals surface area contributed by atoms with Gasteiger partial charge in [-0.15, -0.1) is 0 Å². The molecule has 0 atom stereocenters. The summed E-state index contributed by atoms with van der Waals surface area (Å²) in [7, 11) is 0. The zero-order valence-corrected chi connectivity index (χ0v) is 16.6. The van der Waals surface area contributed by atoms with Crippen LogP contribution in [-0.2, 0) is 25.7 Å². The lowest BCUT2D eigenvalue weighted by Gasteiger charge is -2.08. The van der Waals surface area contributed by atoms with Crippen LogP contribution in [0.15, 0.2) is 30.3 Å². The zero-order valence-electron chi connectivity index (χ0n) is 16.6. The lowest BCUT2D eigenvalue weighted by atomic mass is 10.2. The Hall–Kier alpha value is -2.25. The molecule has 7 nitrogen and oxygen atoms in total. The van der Waals surface area contributed by atoms with Crippen molar-refractivity contribution in [1.82, 2.24) is 10.2 Å². The molecule has 7 heteroatoms. The molecule has 0 bridgehead atoms. The number of benzene rings is 1. The first-order valence-corrected chi connectivity index (χ1v) is 9.27. The van der Waals surface area contributed by atoms with Crippen LogP contribution in [0, 0.1) is 0 Å². The summed E-state index contributed by atoms with van der Waals surface area (Å²) >= 11 is 0. The van der Waals surface area contributed by atoms with Crippen LogP contribution in [0.1, 0.15) is 39.2 Å². The van der Waals surface area contributed by atoms with E-state index in [9.17, 15) is 14.4 Å². The monoisotopic (exact) mass is 380 g/mol. The van der Waals surface area contributed by atoms with Gasteiger partial charge < -0.3 is 20.1 Å². The highest BCUT2D eigenvalue weighted by molar-refractivity contribution is 6.31. The van der Waals surface area contributed by atoms with E-state index in [4.69, 9.17) is 9.84 Å². The molecule has 1 fully saturated rings. The predicted octanol–water partition coefficient (Wildman–Crippen LogP) is 2.10. The maximum atomic E-state index is 10.9. The molecule has 0 unspecified atom stereocenters. The summed E-state index contributed by atoms with van der Waals surface area (Å²) in [6.45, 7) is 10.4. The molecule has 1 aliphatic heterocycles. The molecule has 1 aromatic rings. The number of nitrogens with one attached hydrogen (secondary N) is 1. The van der Waals surface area contributed by atoms with Crippen LogP contribution >= 0.6 is 0 Å². The number of carbonyl (C=O) groups is 3. The highest BCUT2D eigenvalue weighted by Gasteiger charge is 2.06. The van der Waals surface area contributed by atoms with Crippen molar-refractivity contribution >= 4 is 17.7 Å². The second-order valence-electron chi connectivity index (χ2n) is 5.90. The molecule has 27 heavy (non-hydrogen) atoms. The first kappa shape index (κ1) is 24.8. The molecule has 0 spiro atoms. The molecule has 2 N–H and O–H groups in total. The molecule has 1 aromatic carbocycles. The number of rotatable bonds is 7. The van der Waals surface area contributed by atoms with Gasteiger partial charge in [-0.3, -0.25) is 9.59 Å². The van der Waals surface area contributed by atoms with Crippen molar-refractivity contribution in [2.45, 2.75) is 40.2 Å². The Kier molecular flexibility index (Phi) is 14.6. The summed E-state index contributed by atoms with van der Waals surface area (Å²) in [6, 6.07) is 9.94. The van der Waals surface area contributed by atoms with E-state index in [0.29, 0.717) is 13.2 Å². The summed E-state index contributed by atoms with van der Waals surface area (Å²) in [5, 5.41) is 10.7. The maximum absolute atomic E-state index is 10.9. The summed E-state index contributed by atoms with van der Waals surface area (Å²) < 4.78 is 4.78. The van der Waals surface area contributed by atoms with Crippen LogP contribution in [0.25, 0.3) is 0 Å². The molecule has 0 aromatic heterocycles. The molecule has 1 aliphatic rings. The normalized spacial score (nSPS) is 12.9. The first-order valence-electron chi connectivity index (χ1n) is 9.27. The number of hydrogen-bond donors (Lipinski definition) is 2. The van der Waals surface area contributed by atoms with Crippen LogP contribution in [-0.4, -0.2) is 60.5 Å². The third-order valence-electron chi connectivity index (χ3n) is 3.69. The van der Waals surface area contributed by atoms with E-state index in [2.05, 4.69) is 17.1 Å². The van der Waals surface area contributed by atoms with E-state index in [1.807, 2.05) is 30.3 Å². The third-order valence-corrected chi connectivity index (χ3v) is 3.69. The number of carboxylic acid groups (broad SMARTS) is 1. The minimum absolute atomic E-state index is 0.205. The van der Waals surface area contributed by atoms with E-state index in [1.54, 1.807) is 6.92 Å². The number of likely N-dealkylation sites (tertiary alicyclic amines) is 1. The molecule has 152 valence electrons. The van der Waals surface area contributed by atoms with Crippen molar-refractivity contribution in [2.24, 2.45) is 0 Å². The molecule has 1 heterocycles. The van der Waals surface area contributed by atoms with E-state index < -0.39 is 11.8 Å². The quantitative estimate of drug-likeness (QED) is 0.552. The second kappa shape index (κ2) is 16.0. The van der Waals surface area contributed by atoms with Crippen molar-refractivity contribution < 1.29 is 24.2 Å². The zero-order chi connectivity index (χ0) is 20.5. The number of carbonyl (C=O) groups excluding carboxylic acids is 2. The van der Waals surface area contributed by atoms with E-state index >= 15 is 0 Å². The molecular formula is C20H32N2O5. The highest BCUT2D eigenvalue weighted by atomic mass is 16.5. The number of ether oxygens (including phenoxy) is 1. The molecule has 2 rings (SSSR count). The second-order valence-corrected chi connectivity index (χ2v) is 5.90. The summed E-state index contributed by atoms with van der Waals surface area (Å²) in [6.07, 6.45) is 2.85. The van der Waals surface area contributed by atoms with Gasteiger partial charge in [-0.2, -0.15) is 0 Å². The Morgan fingerprint density at radius 2 is 1.67 bits per heavy atom. The number of ketones is 1. The van der Waals surface area contributed by atoms with Gasteiger partial charge in [0.2, 0.25) is 5.78 Å². The van der Waals surface area contributed by atoms with Gasteiger partial charge in [-0.1, -0.05) is 37.3 Å². The fourth-order valence-electron chi connectivity index (χ4n) is 2.22. The van der Waals surface area contributed by atoms with Gasteiger partial charge in [0.25, 0.3) is 0 Å². The molecule has 0 amide bonds. The van der Waals surface area contributed by atoms with E-state index in [1.165, 1.54) is 32.5 Å². The number of hydrogen-bond acceptors (Lipinski definition) is 6. The van der Waals surface area contributed by atoms with Crippen LogP contribution < -0.4 is 5.32 Å². The Morgan fingerprint density at radius 3 is 2.07 bits per heavy atom. The summed E-state index contributed by atoms with van der Waals surface area (Å²) in [4.78, 5) is 32.3. The molecule has 0 radical (unpaired) electrons. The number of aliphatic carboxylic acids is 1. The topological polar surface area (TPSA) is 95.9 Å². The van der Waals surface area contributed by atoms with Gasteiger partial charge in [0, 0.05) is 13.5 Å². The average Bonchev–Trinajstić information content (AvgIpc) is 3.18. The van der Waals surface area contributed by atoms with Gasteiger partial charge in [0.15, 0.2) is 0 Å². The molecule has 0 aliphatic carbocycles. The van der Waals surface area contributed by atoms with Crippen molar-refractivity contribution in [3.05, 3.63) is 35.9 Å². The van der Waals surface area contributed by atoms with Crippen LogP contribution in [0.4, 0.5) is 0 Å². The van der Waals surface area contributed by atoms with Crippen molar-refractivity contribution in [2.75, 3.05) is 32.8 Å². The minimum atomic E-state index is -1.38. The average molecular weight is 380 g/mol. The first-order chi connectivity index (χ1) is 12.9. The van der Waals surface area contributed by atoms with Crippen molar-refractivity contribution in [3.63, 3.8) is 0 Å². The Balaban J connectivity index is 0.000000433. The lowest BCUT2D eigenvalue weighted by molar-refractivity contribution is -0.148. The number of esters is 1. The van der Waals surface area contributed by atoms with Gasteiger partial charge >= 0.3 is 11.9 Å². The predicted molar refractivity (Wildman–Crippen MR) is 104 cm³/mol. The lowest BCUT2D eigenvalue weighted by Crippen LogP contribution is -2.24. The molecular weight excluding hydrogens is 348 g/mol. The fraction of sp³-hybridized carbons (Fsp3) is 0.550. The maximum Gasteiger partial charge on any atom is 0.371 e. The van der Waals surface area contributed by atoms with Crippen LogP contribution in [0.3, 0.4) is 0 Å². The largest absolute Gasteiger partial charge is 0.476 e. The van der Waals surface area contributed by atoms with Gasteiger partial charge in [0.05, 0.1) is 13.2 Å². The highest BCUT2D eigenvalue weighted by Crippen LogP contribution is 2.04. The number of nitrogens with zero attached hydrogens (tertiary/aromatic N) is 1. The number of Topliss-reactive ketones (excluding diaryl/α,β-unsaturated/α-hetero) is 1. The van der Waals surface area contributed by atoms with Gasteiger partial charge in [-0.25, -0.2) is 4.79 Å².